The number of nitrogen functional groups attached to an aromatic ring is 2. The van der Waals surface area contributed by atoms with Gasteiger partial charge >= 0.3 is 24.4 Å². The number of nitrogens with zero attached hydrogens (tertiary/aromatic N) is 13. The molecule has 28 heteroatoms. The number of hydrogen-bond donors (Lipinski definition) is 5. The number of nitrogens with two attached hydrogens (primary N) is 2. The molecule has 0 bridgehead atoms. The van der Waals surface area contributed by atoms with Crippen molar-refractivity contribution in [2.75, 3.05) is 70.9 Å². The molecule has 114 heavy (non-hydrogen) atoms. The predicted octanol–water partition coefficient (Wildman–Crippen LogP) is 15.8. The first-order chi connectivity index (χ1) is 54.1. The maximum absolute atomic E-state index is 12.9. The van der Waals surface area contributed by atoms with Crippen LogP contribution in [-0.4, -0.2) is 186 Å². The van der Waals surface area contributed by atoms with E-state index < -0.39 is 34.6 Å². The summed E-state index contributed by atoms with van der Waals surface area (Å²) >= 11 is 2.18. The van der Waals surface area contributed by atoms with Gasteiger partial charge in [-0.15, -0.1) is 12.3 Å². The second-order valence-electron chi connectivity index (χ2n) is 33.3. The van der Waals surface area contributed by atoms with E-state index in [9.17, 15) is 24.0 Å². The summed E-state index contributed by atoms with van der Waals surface area (Å²) in [6, 6.07) is 19.3. The average Bonchev–Trinajstić information content (AvgIpc) is 1.51. The number of nitrogens with one attached hydrogen (secondary N) is 3. The molecule has 10 aromatic heterocycles. The summed E-state index contributed by atoms with van der Waals surface area (Å²) < 4.78 is 25.2. The highest BCUT2D eigenvalue weighted by Gasteiger charge is 2.30. The molecule has 14 heterocycles. The molecule has 0 saturated carbocycles. The Bertz CT molecular complexity index is 5070. The predicted molar refractivity (Wildman–Crippen MR) is 453 cm³/mol. The number of Topliss-reactive ketones (excluding diaryl/α,β-unsaturated/α-hetero) is 1. The third-order valence-corrected chi connectivity index (χ3v) is 20.2. The molecule has 4 aliphatic rings. The first-order valence-electron chi connectivity index (χ1n) is 39.1. The van der Waals surface area contributed by atoms with Crippen molar-refractivity contribution in [1.29, 1.82) is 0 Å². The largest absolute Gasteiger partial charge is 0.444 e. The van der Waals surface area contributed by atoms with Crippen molar-refractivity contribution in [2.24, 2.45) is 23.7 Å². The first-order valence-corrected chi connectivity index (χ1v) is 40.2. The number of amides is 2. The van der Waals surface area contributed by atoms with E-state index in [1.165, 1.54) is 41.0 Å². The highest BCUT2D eigenvalue weighted by Crippen LogP contribution is 2.33. The van der Waals surface area contributed by atoms with Crippen LogP contribution in [0.3, 0.4) is 0 Å². The number of rotatable bonds is 9. The zero-order chi connectivity index (χ0) is 82.1. The molecule has 27 nitrogen and oxygen atoms in total. The Kier molecular flexibility index (Phi) is 29.0. The van der Waals surface area contributed by atoms with Crippen LogP contribution in [-0.2, 0) is 31.8 Å². The molecular formula is C86H109IN18O9. The Balaban J connectivity index is 0.000000155. The van der Waals surface area contributed by atoms with Gasteiger partial charge in [0.1, 0.15) is 45.0 Å². The van der Waals surface area contributed by atoms with Gasteiger partial charge in [-0.05, 0) is 293 Å². The minimum Gasteiger partial charge on any atom is -0.444 e. The van der Waals surface area contributed by atoms with Crippen LogP contribution in [0.1, 0.15) is 169 Å². The number of H-pyrrole nitrogens is 2. The molecular weight excluding hydrogens is 1560 g/mol. The van der Waals surface area contributed by atoms with Crippen molar-refractivity contribution in [1.82, 2.24) is 79.0 Å². The van der Waals surface area contributed by atoms with Crippen molar-refractivity contribution >= 4 is 109 Å². The topological polar surface area (TPSA) is 341 Å². The second-order valence-corrected chi connectivity index (χ2v) is 34.5. The summed E-state index contributed by atoms with van der Waals surface area (Å²) in [5.41, 5.74) is 18.7. The molecule has 0 unspecified atom stereocenters. The van der Waals surface area contributed by atoms with Gasteiger partial charge < -0.3 is 60.4 Å². The third-order valence-electron chi connectivity index (χ3n) is 19.4. The van der Waals surface area contributed by atoms with E-state index in [1.807, 2.05) is 111 Å². The van der Waals surface area contributed by atoms with Crippen LogP contribution < -0.4 is 16.8 Å². The Labute approximate surface area is 681 Å². The summed E-state index contributed by atoms with van der Waals surface area (Å²) in [6.07, 6.45) is 29.4. The molecule has 2 amide bonds. The normalized spacial score (nSPS) is 15.5. The van der Waals surface area contributed by atoms with Crippen LogP contribution in [0.25, 0.3) is 66.6 Å². The minimum absolute atomic E-state index is 0.202. The van der Waals surface area contributed by atoms with Crippen LogP contribution in [0.15, 0.2) is 110 Å². The summed E-state index contributed by atoms with van der Waals surface area (Å²) in [5.74, 6) is 10.9. The van der Waals surface area contributed by atoms with E-state index in [2.05, 4.69) is 120 Å². The molecule has 0 radical (unpaired) electrons. The number of carbonyl (C=O) groups excluding carboxylic acids is 5. The van der Waals surface area contributed by atoms with E-state index >= 15 is 0 Å². The molecule has 0 aliphatic carbocycles. The van der Waals surface area contributed by atoms with Gasteiger partial charge in [-0.25, -0.2) is 68.2 Å². The lowest BCUT2D eigenvalue weighted by atomic mass is 9.92. The number of anilines is 2. The van der Waals surface area contributed by atoms with Crippen molar-refractivity contribution < 1.29 is 42.9 Å². The molecule has 604 valence electrons. The number of aromatic nitrogens is 12. The van der Waals surface area contributed by atoms with E-state index in [-0.39, 0.29) is 18.0 Å². The number of pyridine rings is 4. The standard InChI is InChI=1S/C26H33N3O5.C18H22N6.C17H20N6.C13H21NO2.C12H13IN2O2/c1-25(2,3)33-23(31)28-15-12-18(13-16-28)9-7-11-21(30)20-17-29(24(32)34-26(4,5)6)22-19(20)10-8-14-27-22;1-24-7-4-12(5-8-24)9-13-10-16(23-18(19)22-13)15-11-21-17-14(15)3-2-6-20-17;18-17-22-12(8-11-3-6-19-7-4-11)9-15(23-17)14-10-21-16-13(14)2-1-5-20-16;1-5-6-11-7-9-14(10-8-11)12(15)16-13(2,3)4;1-12(2,3)17-11(16)15-7-9(13)8-5-4-6-14-10(8)15/h8,10,14,17-18H,9,12-13,15-16H2,1-6H3;2-3,6,10-12H,4-5,7-9H2,1H3,(H,20,21)(H2,19,22,23);1-2,5,9-11,19H,3-4,6-8H2,(H,20,21)(H2,18,22,23);1,11H,6-10H2,2-4H3;4-7H,1-3H3. The number of halogens is 1. The molecule has 0 aromatic carbocycles. The molecule has 0 atom stereocenters. The Morgan fingerprint density at radius 3 is 1.36 bits per heavy atom. The maximum Gasteiger partial charge on any atom is 0.420 e. The highest BCUT2D eigenvalue weighted by molar-refractivity contribution is 14.1. The summed E-state index contributed by atoms with van der Waals surface area (Å²) in [4.78, 5) is 109. The van der Waals surface area contributed by atoms with E-state index in [0.717, 1.165) is 149 Å². The number of carbonyl (C=O) groups is 5. The van der Waals surface area contributed by atoms with Crippen LogP contribution in [0.2, 0.25) is 0 Å². The fourth-order valence-corrected chi connectivity index (χ4v) is 14.5. The van der Waals surface area contributed by atoms with Gasteiger partial charge in [-0.2, -0.15) is 0 Å². The molecule has 0 spiro atoms. The number of fused-ring (bicyclic) bond motifs is 4. The fraction of sp³-hybridized carbons (Fsp3) is 0.477. The molecule has 10 aromatic rings. The van der Waals surface area contributed by atoms with Gasteiger partial charge in [0.15, 0.2) is 0 Å². The molecule has 14 rings (SSSR count). The van der Waals surface area contributed by atoms with Gasteiger partial charge in [0.2, 0.25) is 17.7 Å². The number of ether oxygens (including phenoxy) is 4. The Hall–Kier alpha value is -10.6. The lowest BCUT2D eigenvalue weighted by Crippen LogP contribution is -2.41. The fourth-order valence-electron chi connectivity index (χ4n) is 13.8. The van der Waals surface area contributed by atoms with Gasteiger partial charge in [-0.1, -0.05) is 5.92 Å². The SMILES string of the molecule is C#CCC1CCN(C(=O)OC(C)(C)C)CC1.CC(C)(C)OC(=O)N1CCC(CC#CC(=O)c2cn(C(=O)OC(C)(C)C)c3ncccc23)CC1.CC(C)(C)OC(=O)n1cc(I)c2cccnc21.CN1CCC(Cc2cc(-c3c[nH]c4ncccc34)nc(N)n2)CC1.Nc1nc(CC2CCNCC2)cc(-c2c[nH]c3ncccc23)n1. The van der Waals surface area contributed by atoms with E-state index in [0.29, 0.717) is 77.3 Å². The quantitative estimate of drug-likeness (QED) is 0.0295. The number of hydrogen-bond acceptors (Lipinski definition) is 21. The lowest BCUT2D eigenvalue weighted by Gasteiger charge is -2.32. The molecule has 4 saturated heterocycles. The number of terminal acetylenes is 1. The van der Waals surface area contributed by atoms with E-state index in [4.69, 9.17) is 36.8 Å². The minimum atomic E-state index is -0.675. The monoisotopic (exact) mass is 1660 g/mol. The number of likely N-dealkylation sites (tertiary alicyclic amines) is 3. The highest BCUT2D eigenvalue weighted by atomic mass is 127. The zero-order valence-corrected chi connectivity index (χ0v) is 70.1. The number of ketones is 1. The lowest BCUT2D eigenvalue weighted by molar-refractivity contribution is 0.0175. The first kappa shape index (κ1) is 85.9. The van der Waals surface area contributed by atoms with Crippen LogP contribution in [0.5, 0.6) is 0 Å². The summed E-state index contributed by atoms with van der Waals surface area (Å²) in [6.45, 7) is 29.3. The second kappa shape index (κ2) is 38.5. The smallest absolute Gasteiger partial charge is 0.420 e. The molecule has 4 aliphatic heterocycles. The van der Waals surface area contributed by atoms with Crippen molar-refractivity contribution in [3.63, 3.8) is 0 Å². The van der Waals surface area contributed by atoms with Crippen molar-refractivity contribution in [3.05, 3.63) is 131 Å². The van der Waals surface area contributed by atoms with Gasteiger partial charge in [0.05, 0.1) is 17.0 Å². The Morgan fingerprint density at radius 1 is 0.509 bits per heavy atom. The number of piperidine rings is 4. The van der Waals surface area contributed by atoms with Crippen molar-refractivity contribution in [2.45, 2.75) is 183 Å². The maximum atomic E-state index is 12.9. The average molecular weight is 1670 g/mol. The van der Waals surface area contributed by atoms with Gasteiger partial charge in [0, 0.05) is 136 Å². The summed E-state index contributed by atoms with van der Waals surface area (Å²) in [5, 5.41) is 7.02. The summed E-state index contributed by atoms with van der Waals surface area (Å²) in [7, 11) is 2.18. The third kappa shape index (κ3) is 25.0. The van der Waals surface area contributed by atoms with Gasteiger partial charge in [-0.3, -0.25) is 4.79 Å². The van der Waals surface area contributed by atoms with Crippen LogP contribution >= 0.6 is 22.6 Å². The van der Waals surface area contributed by atoms with Gasteiger partial charge in [0.25, 0.3) is 0 Å². The zero-order valence-electron chi connectivity index (χ0n) is 67.9. The molecule has 4 fully saturated rings. The van der Waals surface area contributed by atoms with Crippen molar-refractivity contribution in [3.8, 4) is 46.7 Å². The number of aromatic amines is 2. The molecule has 7 N–H and O–H groups in total. The Morgan fingerprint density at radius 2 is 0.904 bits per heavy atom. The van der Waals surface area contributed by atoms with Crippen LogP contribution in [0.4, 0.5) is 31.1 Å². The van der Waals surface area contributed by atoms with E-state index in [1.54, 1.807) is 73.7 Å². The van der Waals surface area contributed by atoms with Crippen LogP contribution in [0, 0.1) is 51.4 Å².